The van der Waals surface area contributed by atoms with Crippen molar-refractivity contribution < 1.29 is 17.9 Å². The number of hydrogen-bond acceptors (Lipinski definition) is 8. The molecule has 1 saturated carbocycles. The Kier molecular flexibility index (Phi) is 9.91. The van der Waals surface area contributed by atoms with Crippen LogP contribution in [0.2, 0.25) is 0 Å². The van der Waals surface area contributed by atoms with Gasteiger partial charge in [0.05, 0.1) is 29.7 Å². The first kappa shape index (κ1) is 31.9. The molecule has 4 aliphatic heterocycles. The van der Waals surface area contributed by atoms with E-state index in [-0.39, 0.29) is 43.7 Å². The van der Waals surface area contributed by atoms with Crippen molar-refractivity contribution in [2.75, 3.05) is 26.2 Å². The predicted octanol–water partition coefficient (Wildman–Crippen LogP) is 5.75. The topological polar surface area (TPSA) is 78.4 Å². The Morgan fingerprint density at radius 1 is 1.09 bits per heavy atom. The lowest BCUT2D eigenvalue weighted by Crippen LogP contribution is -2.61. The molecule has 5 aliphatic rings. The molecule has 5 fully saturated rings. The normalized spacial score (nSPS) is 38.5. The number of piperidine rings is 2. The summed E-state index contributed by atoms with van der Waals surface area (Å²) in [6.07, 6.45) is 10.6. The maximum atomic E-state index is 13.3. The van der Waals surface area contributed by atoms with Gasteiger partial charge in [-0.3, -0.25) is 24.9 Å². The van der Waals surface area contributed by atoms with Gasteiger partial charge >= 0.3 is 6.18 Å². The Morgan fingerprint density at radius 3 is 2.74 bits per heavy atom. The zero-order chi connectivity index (χ0) is 30.1. The summed E-state index contributed by atoms with van der Waals surface area (Å²) >= 11 is 1.86. The van der Waals surface area contributed by atoms with E-state index >= 15 is 0 Å². The van der Waals surface area contributed by atoms with Crippen LogP contribution in [-0.4, -0.2) is 70.3 Å². The van der Waals surface area contributed by atoms with Crippen LogP contribution in [0.3, 0.4) is 0 Å². The maximum Gasteiger partial charge on any atom is 0.394 e. The van der Waals surface area contributed by atoms with Crippen molar-refractivity contribution in [2.45, 2.75) is 133 Å². The third-order valence-electron chi connectivity index (χ3n) is 10.9. The number of fused-ring (bicyclic) bond motifs is 6. The van der Waals surface area contributed by atoms with E-state index in [2.05, 4.69) is 44.5 Å². The molecule has 1 aromatic heterocycles. The number of halogens is 3. The minimum Gasteiger partial charge on any atom is -0.477 e. The van der Waals surface area contributed by atoms with Gasteiger partial charge in [-0.15, -0.1) is 5.10 Å². The Balaban J connectivity index is 1.14. The van der Waals surface area contributed by atoms with Crippen LogP contribution < -0.4 is 25.4 Å². The van der Waals surface area contributed by atoms with Gasteiger partial charge in [-0.05, 0) is 96.4 Å². The van der Waals surface area contributed by atoms with Gasteiger partial charge in [-0.1, -0.05) is 25.3 Å². The standard InChI is InChI=1S/C31H52F3N7OS/c1-3-12-29(2)19-22-6-5-16-35-24-7-4-8-27(37-24)43-36-20-23-9-10-25(38-28(23)40(29)21-22)41-17-11-26(39-41)42-18-15-30(13-14-30)31(32,33)34/h11,17,22-25,27-28,35-38H,3-10,12-16,18-21H2,1-2H3. The molecule has 0 spiro atoms. The van der Waals surface area contributed by atoms with Crippen LogP contribution >= 0.6 is 11.9 Å². The zero-order valence-corrected chi connectivity index (χ0v) is 26.7. The summed E-state index contributed by atoms with van der Waals surface area (Å²) in [6, 6.07) is 1.79. The summed E-state index contributed by atoms with van der Waals surface area (Å²) in [7, 11) is 0. The molecule has 4 N–H and O–H groups in total. The van der Waals surface area contributed by atoms with Crippen LogP contribution in [0.15, 0.2) is 12.3 Å². The van der Waals surface area contributed by atoms with Crippen molar-refractivity contribution in [2.24, 2.45) is 17.3 Å². The van der Waals surface area contributed by atoms with E-state index in [0.29, 0.717) is 29.3 Å². The number of nitrogens with one attached hydrogen (secondary N) is 4. The first-order chi connectivity index (χ1) is 20.7. The largest absolute Gasteiger partial charge is 0.477 e. The molecule has 6 rings (SSSR count). The second kappa shape index (κ2) is 13.4. The predicted molar refractivity (Wildman–Crippen MR) is 164 cm³/mol. The fourth-order valence-electron chi connectivity index (χ4n) is 8.27. The molecule has 244 valence electrons. The highest BCUT2D eigenvalue weighted by atomic mass is 32.2. The number of ether oxygens (including phenoxy) is 1. The molecule has 12 heteroatoms. The first-order valence-electron chi connectivity index (χ1n) is 16.8. The van der Waals surface area contributed by atoms with Gasteiger partial charge in [0.2, 0.25) is 5.88 Å². The molecular formula is C31H52F3N7OS. The van der Waals surface area contributed by atoms with E-state index in [9.17, 15) is 13.2 Å². The lowest BCUT2D eigenvalue weighted by atomic mass is 9.86. The molecule has 43 heavy (non-hydrogen) atoms. The number of hydrogen-bond donors (Lipinski definition) is 4. The number of rotatable bonds is 7. The second-order valence-corrected chi connectivity index (χ2v) is 15.2. The molecular weight excluding hydrogens is 575 g/mol. The summed E-state index contributed by atoms with van der Waals surface area (Å²) in [6.45, 7) is 7.95. The third kappa shape index (κ3) is 7.35. The quantitative estimate of drug-likeness (QED) is 0.285. The van der Waals surface area contributed by atoms with Crippen LogP contribution in [0.25, 0.3) is 0 Å². The van der Waals surface area contributed by atoms with Crippen molar-refractivity contribution in [3.8, 4) is 5.88 Å². The van der Waals surface area contributed by atoms with Crippen LogP contribution in [0.5, 0.6) is 5.88 Å². The van der Waals surface area contributed by atoms with Gasteiger partial charge in [-0.25, -0.2) is 0 Å². The molecule has 8 nitrogen and oxygen atoms in total. The molecule has 0 aromatic carbocycles. The van der Waals surface area contributed by atoms with E-state index in [4.69, 9.17) is 4.74 Å². The van der Waals surface area contributed by atoms with Crippen molar-refractivity contribution in [1.29, 1.82) is 0 Å². The summed E-state index contributed by atoms with van der Waals surface area (Å²) < 4.78 is 51.4. The van der Waals surface area contributed by atoms with E-state index in [0.717, 1.165) is 32.5 Å². The molecule has 0 radical (unpaired) electrons. The minimum absolute atomic E-state index is 0.000954. The molecule has 1 aliphatic carbocycles. The molecule has 4 bridgehead atoms. The van der Waals surface area contributed by atoms with Gasteiger partial charge in [0.1, 0.15) is 6.17 Å². The smallest absolute Gasteiger partial charge is 0.394 e. The SMILES string of the molecule is CCCC1(C)CC2CCCNC3CCCC(N3)SNCC3CCC(n4ccc(OCCC5(C(F)(F)F)CC5)n4)NC3N1C2. The second-order valence-electron chi connectivity index (χ2n) is 14.1. The maximum absolute atomic E-state index is 13.3. The molecule has 8 unspecified atom stereocenters. The third-order valence-corrected chi connectivity index (χ3v) is 11.9. The van der Waals surface area contributed by atoms with E-state index in [1.54, 1.807) is 6.07 Å². The summed E-state index contributed by atoms with van der Waals surface area (Å²) in [4.78, 5) is 2.79. The molecule has 5 heterocycles. The van der Waals surface area contributed by atoms with Crippen LogP contribution in [0.4, 0.5) is 13.2 Å². The number of nitrogens with zero attached hydrogens (tertiary/aromatic N) is 3. The zero-order valence-electron chi connectivity index (χ0n) is 25.9. The average Bonchev–Trinajstić information content (AvgIpc) is 3.51. The van der Waals surface area contributed by atoms with Crippen molar-refractivity contribution in [1.82, 2.24) is 35.4 Å². The van der Waals surface area contributed by atoms with E-state index < -0.39 is 11.6 Å². The minimum atomic E-state index is -4.15. The lowest BCUT2D eigenvalue weighted by molar-refractivity contribution is -0.190. The van der Waals surface area contributed by atoms with Gasteiger partial charge in [-0.2, -0.15) is 13.2 Å². The van der Waals surface area contributed by atoms with Crippen LogP contribution in [0, 0.1) is 17.3 Å². The summed E-state index contributed by atoms with van der Waals surface area (Å²) in [5.74, 6) is 1.56. The van der Waals surface area contributed by atoms with Crippen LogP contribution in [0.1, 0.15) is 103 Å². The highest BCUT2D eigenvalue weighted by Crippen LogP contribution is 2.59. The van der Waals surface area contributed by atoms with Crippen molar-refractivity contribution in [3.05, 3.63) is 12.3 Å². The first-order valence-corrected chi connectivity index (χ1v) is 17.7. The van der Waals surface area contributed by atoms with Crippen LogP contribution in [-0.2, 0) is 0 Å². The monoisotopic (exact) mass is 627 g/mol. The van der Waals surface area contributed by atoms with Crippen molar-refractivity contribution in [3.63, 3.8) is 0 Å². The highest BCUT2D eigenvalue weighted by molar-refractivity contribution is 7.98. The van der Waals surface area contributed by atoms with E-state index in [1.807, 2.05) is 22.8 Å². The van der Waals surface area contributed by atoms with E-state index in [1.165, 1.54) is 51.4 Å². The Hall–Kier alpha value is -1.05. The molecule has 0 amide bonds. The average molecular weight is 628 g/mol. The van der Waals surface area contributed by atoms with Gasteiger partial charge in [0.15, 0.2) is 0 Å². The highest BCUT2D eigenvalue weighted by Gasteiger charge is 2.62. The fraction of sp³-hybridized carbons (Fsp3) is 0.903. The molecule has 8 atom stereocenters. The molecule has 1 aromatic rings. The number of alkyl halides is 3. The van der Waals surface area contributed by atoms with Gasteiger partial charge in [0.25, 0.3) is 0 Å². The fourth-order valence-corrected chi connectivity index (χ4v) is 9.29. The van der Waals surface area contributed by atoms with Gasteiger partial charge in [0, 0.05) is 36.8 Å². The Labute approximate surface area is 259 Å². The summed E-state index contributed by atoms with van der Waals surface area (Å²) in [5, 5.41) is 16.7. The Morgan fingerprint density at radius 2 is 1.95 bits per heavy atom. The molecule has 4 saturated heterocycles. The van der Waals surface area contributed by atoms with Gasteiger partial charge < -0.3 is 10.1 Å². The lowest BCUT2D eigenvalue weighted by Gasteiger charge is -2.48. The Bertz CT molecular complexity index is 1050. The summed E-state index contributed by atoms with van der Waals surface area (Å²) in [5.41, 5.74) is -1.39. The number of aromatic nitrogens is 2. The van der Waals surface area contributed by atoms with Crippen molar-refractivity contribution >= 4 is 11.9 Å².